The van der Waals surface area contributed by atoms with Gasteiger partial charge < -0.3 is 26.2 Å². The Hall–Kier alpha value is -4.27. The van der Waals surface area contributed by atoms with Crippen LogP contribution in [0.4, 0.5) is 24.7 Å². The summed E-state index contributed by atoms with van der Waals surface area (Å²) in [6.45, 7) is 2.90. The van der Waals surface area contributed by atoms with Crippen molar-refractivity contribution in [1.29, 1.82) is 0 Å². The summed E-state index contributed by atoms with van der Waals surface area (Å²) in [6, 6.07) is 6.71. The highest BCUT2D eigenvalue weighted by atomic mass is 32.2. The highest BCUT2D eigenvalue weighted by Crippen LogP contribution is 2.30. The average molecular weight is 543 g/mol. The highest BCUT2D eigenvalue weighted by molar-refractivity contribution is 7.92. The molecule has 0 aliphatic rings. The van der Waals surface area contributed by atoms with Gasteiger partial charge in [-0.2, -0.15) is 18.2 Å². The van der Waals surface area contributed by atoms with Crippen LogP contribution in [0.1, 0.15) is 15.9 Å². The van der Waals surface area contributed by atoms with Gasteiger partial charge in [0.1, 0.15) is 17.4 Å². The van der Waals surface area contributed by atoms with Crippen LogP contribution in [0.2, 0.25) is 0 Å². The molecule has 0 bridgehead atoms. The molecular weight excluding hydrogens is 517 g/mol. The summed E-state index contributed by atoms with van der Waals surface area (Å²) < 4.78 is 71.0. The van der Waals surface area contributed by atoms with E-state index in [1.807, 2.05) is 0 Å². The molecule has 0 atom stereocenters. The van der Waals surface area contributed by atoms with Crippen LogP contribution in [0.3, 0.4) is 0 Å². The number of benzene rings is 1. The zero-order chi connectivity index (χ0) is 28.0. The van der Waals surface area contributed by atoms with Crippen molar-refractivity contribution in [1.82, 2.24) is 10.3 Å². The Kier molecular flexibility index (Phi) is 9.11. The fourth-order valence-electron chi connectivity index (χ4n) is 2.94. The van der Waals surface area contributed by atoms with Gasteiger partial charge in [-0.15, -0.1) is 0 Å². The number of carboxylic acids is 1. The van der Waals surface area contributed by atoms with Crippen LogP contribution in [0, 0.1) is 0 Å². The van der Waals surface area contributed by atoms with Crippen molar-refractivity contribution < 1.29 is 36.2 Å². The third-order valence-corrected chi connectivity index (χ3v) is 5.99. The van der Waals surface area contributed by atoms with Crippen molar-refractivity contribution in [3.8, 4) is 5.75 Å². The Morgan fingerprint density at radius 2 is 2.03 bits per heavy atom. The Balaban J connectivity index is 2.47. The summed E-state index contributed by atoms with van der Waals surface area (Å²) in [5.41, 5.74) is 4.93. The van der Waals surface area contributed by atoms with Gasteiger partial charge in [-0.3, -0.25) is 4.31 Å². The van der Waals surface area contributed by atoms with E-state index in [0.29, 0.717) is 6.08 Å². The topological polar surface area (TPSA) is 159 Å². The van der Waals surface area contributed by atoms with Crippen LogP contribution >= 0.6 is 0 Å². The lowest BCUT2D eigenvalue weighted by Crippen LogP contribution is -2.29. The van der Waals surface area contributed by atoms with Gasteiger partial charge >= 0.3 is 12.1 Å². The Labute approximate surface area is 211 Å². The van der Waals surface area contributed by atoms with Crippen LogP contribution in [0.25, 0.3) is 0 Å². The summed E-state index contributed by atoms with van der Waals surface area (Å²) in [6.07, 6.45) is -2.02. The number of anilines is 2. The van der Waals surface area contributed by atoms with Crippen LogP contribution < -0.4 is 25.4 Å². The SMILES string of the molecule is C=C/C(=C(\N=C(/N)Nc1ccc(C(=O)O)cc1OC)NCc1cccnc1N(C)S(C)(=O)=O)C(F)(F)F. The summed E-state index contributed by atoms with van der Waals surface area (Å²) in [5.74, 6) is -2.36. The molecule has 1 aromatic heterocycles. The molecule has 0 aliphatic heterocycles. The molecule has 1 aromatic carbocycles. The van der Waals surface area contributed by atoms with E-state index < -0.39 is 39.5 Å². The molecule has 2 aromatic rings. The number of sulfonamides is 1. The number of aliphatic imine (C=N–C) groups is 1. The van der Waals surface area contributed by atoms with Gasteiger partial charge in [0, 0.05) is 25.4 Å². The molecule has 11 nitrogen and oxygen atoms in total. The number of allylic oxidation sites excluding steroid dienone is 2. The van der Waals surface area contributed by atoms with E-state index in [1.165, 1.54) is 50.7 Å². The first-order valence-electron chi connectivity index (χ1n) is 10.3. The predicted molar refractivity (Wildman–Crippen MR) is 133 cm³/mol. The number of halogens is 3. The third-order valence-electron chi connectivity index (χ3n) is 4.82. The lowest BCUT2D eigenvalue weighted by atomic mass is 10.2. The maximum atomic E-state index is 13.7. The summed E-state index contributed by atoms with van der Waals surface area (Å²) >= 11 is 0. The van der Waals surface area contributed by atoms with E-state index in [4.69, 9.17) is 15.6 Å². The Morgan fingerprint density at radius 1 is 1.35 bits per heavy atom. The molecule has 0 radical (unpaired) electrons. The van der Waals surface area contributed by atoms with Crippen molar-refractivity contribution in [2.24, 2.45) is 10.7 Å². The maximum Gasteiger partial charge on any atom is 0.419 e. The number of aromatic carboxylic acids is 1. The minimum Gasteiger partial charge on any atom is -0.495 e. The molecule has 5 N–H and O–H groups in total. The van der Waals surface area contributed by atoms with Gasteiger partial charge in [-0.1, -0.05) is 18.7 Å². The summed E-state index contributed by atoms with van der Waals surface area (Å²) in [4.78, 5) is 19.0. The molecule has 0 spiro atoms. The number of hydrogen-bond donors (Lipinski definition) is 4. The second kappa shape index (κ2) is 11.6. The number of methoxy groups -OCH3 is 1. The quantitative estimate of drug-likeness (QED) is 0.201. The van der Waals surface area contributed by atoms with Gasteiger partial charge in [-0.05, 0) is 24.3 Å². The molecule has 0 fully saturated rings. The lowest BCUT2D eigenvalue weighted by molar-refractivity contribution is -0.0893. The molecule has 0 unspecified atom stereocenters. The lowest BCUT2D eigenvalue weighted by Gasteiger charge is -2.20. The van der Waals surface area contributed by atoms with Crippen molar-refractivity contribution in [2.45, 2.75) is 12.7 Å². The molecule has 0 saturated heterocycles. The molecule has 0 aliphatic carbocycles. The number of rotatable bonds is 10. The third kappa shape index (κ3) is 7.60. The van der Waals surface area contributed by atoms with E-state index in [1.54, 1.807) is 0 Å². The monoisotopic (exact) mass is 542 g/mol. The van der Waals surface area contributed by atoms with E-state index >= 15 is 0 Å². The van der Waals surface area contributed by atoms with E-state index in [-0.39, 0.29) is 34.9 Å². The largest absolute Gasteiger partial charge is 0.495 e. The number of hydrogen-bond acceptors (Lipinski definition) is 7. The minimum absolute atomic E-state index is 0.00217. The van der Waals surface area contributed by atoms with Crippen molar-refractivity contribution >= 4 is 33.5 Å². The van der Waals surface area contributed by atoms with Crippen LogP contribution in [-0.4, -0.2) is 57.0 Å². The average Bonchev–Trinajstić information content (AvgIpc) is 2.81. The number of pyridine rings is 1. The first kappa shape index (κ1) is 29.0. The molecule has 0 amide bonds. The van der Waals surface area contributed by atoms with Crippen molar-refractivity contribution in [3.63, 3.8) is 0 Å². The van der Waals surface area contributed by atoms with E-state index in [2.05, 4.69) is 27.2 Å². The summed E-state index contributed by atoms with van der Waals surface area (Å²) in [7, 11) is -1.18. The second-order valence-corrected chi connectivity index (χ2v) is 9.39. The van der Waals surface area contributed by atoms with Crippen LogP contribution in [0.5, 0.6) is 5.75 Å². The fourth-order valence-corrected chi connectivity index (χ4v) is 3.42. The van der Waals surface area contributed by atoms with Crippen molar-refractivity contribution in [2.75, 3.05) is 30.0 Å². The number of ether oxygens (including phenoxy) is 1. The van der Waals surface area contributed by atoms with E-state index in [9.17, 15) is 26.4 Å². The number of carbonyl (C=O) groups is 1. The number of carboxylic acid groups (broad SMARTS) is 1. The van der Waals surface area contributed by atoms with Gasteiger partial charge in [0.05, 0.1) is 30.2 Å². The smallest absolute Gasteiger partial charge is 0.419 e. The van der Waals surface area contributed by atoms with Crippen LogP contribution in [-0.2, 0) is 16.6 Å². The molecule has 200 valence electrons. The number of nitrogens with two attached hydrogens (primary N) is 1. The number of aromatic nitrogens is 1. The molecule has 15 heteroatoms. The molecular formula is C22H25F3N6O5S. The molecule has 2 rings (SSSR count). The standard InChI is InChI=1S/C22H25F3N6O5S/c1-5-15(22(23,24)25)18(28-12-14-7-6-10-27-19(14)31(2)37(4,34)35)30-21(26)29-16-9-8-13(20(32)33)11-17(16)36-3/h5-11,28H,1,12H2,2-4H3,(H,32,33)(H3,26,29,30)/b18-15+. The molecule has 0 saturated carbocycles. The Bertz CT molecular complexity index is 1340. The van der Waals surface area contributed by atoms with Crippen LogP contribution in [0.15, 0.2) is 65.6 Å². The zero-order valence-corrected chi connectivity index (χ0v) is 20.8. The van der Waals surface area contributed by atoms with Gasteiger partial charge in [0.15, 0.2) is 5.96 Å². The number of nitrogens with one attached hydrogen (secondary N) is 2. The Morgan fingerprint density at radius 3 is 2.57 bits per heavy atom. The number of alkyl halides is 3. The zero-order valence-electron chi connectivity index (χ0n) is 20.0. The normalized spacial score (nSPS) is 12.9. The van der Waals surface area contributed by atoms with Crippen molar-refractivity contribution in [3.05, 3.63) is 71.7 Å². The highest BCUT2D eigenvalue weighted by Gasteiger charge is 2.35. The van der Waals surface area contributed by atoms with Gasteiger partial charge in [0.2, 0.25) is 10.0 Å². The minimum atomic E-state index is -4.87. The first-order valence-corrected chi connectivity index (χ1v) is 12.1. The molecule has 37 heavy (non-hydrogen) atoms. The van der Waals surface area contributed by atoms with Gasteiger partial charge in [0.25, 0.3) is 0 Å². The summed E-state index contributed by atoms with van der Waals surface area (Å²) in [5, 5.41) is 14.2. The first-order chi connectivity index (χ1) is 17.2. The molecule has 1 heterocycles. The number of nitrogens with zero attached hydrogens (tertiary/aromatic N) is 3. The second-order valence-electron chi connectivity index (χ2n) is 7.38. The predicted octanol–water partition coefficient (Wildman–Crippen LogP) is 2.66. The number of guanidine groups is 1. The van der Waals surface area contributed by atoms with E-state index in [0.717, 1.165) is 10.6 Å². The van der Waals surface area contributed by atoms with Gasteiger partial charge in [-0.25, -0.2) is 18.2 Å². The maximum absolute atomic E-state index is 13.7. The fraction of sp³-hybridized carbons (Fsp3) is 0.227.